The van der Waals surface area contributed by atoms with E-state index in [9.17, 15) is 9.59 Å². The molecule has 0 aliphatic rings. The van der Waals surface area contributed by atoms with Crippen molar-refractivity contribution in [3.63, 3.8) is 0 Å². The first-order chi connectivity index (χ1) is 9.50. The average Bonchev–Trinajstić information content (AvgIpc) is 2.46. The van der Waals surface area contributed by atoms with Gasteiger partial charge in [-0.25, -0.2) is 4.98 Å². The van der Waals surface area contributed by atoms with E-state index in [1.807, 2.05) is 0 Å². The highest BCUT2D eigenvalue weighted by Crippen LogP contribution is 2.21. The summed E-state index contributed by atoms with van der Waals surface area (Å²) in [6, 6.07) is 9.10. The highest BCUT2D eigenvalue weighted by molar-refractivity contribution is 6.40. The molecule has 2 amide bonds. The molecule has 0 saturated heterocycles. The van der Waals surface area contributed by atoms with E-state index in [0.717, 1.165) is 4.42 Å². The Balaban J connectivity index is 2.43. The average molecular weight is 310 g/mol. The predicted molar refractivity (Wildman–Crippen MR) is 76.9 cm³/mol. The fourth-order valence-electron chi connectivity index (χ4n) is 1.59. The van der Waals surface area contributed by atoms with Crippen molar-refractivity contribution >= 4 is 41.0 Å². The minimum atomic E-state index is -0.740. The zero-order valence-corrected chi connectivity index (χ0v) is 11.6. The standard InChI is InChI=1S/C13H9Cl2N3O2/c14-8-4-5-9(12(16)19)10(7-8)13(20)18(15)11-3-1-2-6-17-11/h1-7H,(H2,16,19). The number of carbonyl (C=O) groups excluding carboxylic acids is 2. The predicted octanol–water partition coefficient (Wildman–Crippen LogP) is 2.63. The van der Waals surface area contributed by atoms with Crippen LogP contribution in [0.25, 0.3) is 0 Å². The first kappa shape index (κ1) is 14.3. The lowest BCUT2D eigenvalue weighted by atomic mass is 10.1. The molecule has 0 aliphatic carbocycles. The molecule has 1 aromatic carbocycles. The van der Waals surface area contributed by atoms with Crippen molar-refractivity contribution in [3.8, 4) is 0 Å². The fourth-order valence-corrected chi connectivity index (χ4v) is 1.95. The minimum absolute atomic E-state index is 0.0191. The van der Waals surface area contributed by atoms with E-state index >= 15 is 0 Å². The Hall–Kier alpha value is -2.11. The van der Waals surface area contributed by atoms with Crippen molar-refractivity contribution in [2.45, 2.75) is 0 Å². The zero-order valence-electron chi connectivity index (χ0n) is 10.1. The van der Waals surface area contributed by atoms with Crippen LogP contribution in [-0.2, 0) is 0 Å². The normalized spacial score (nSPS) is 10.1. The number of anilines is 1. The molecule has 5 nitrogen and oxygen atoms in total. The second-order valence-electron chi connectivity index (χ2n) is 3.83. The van der Waals surface area contributed by atoms with E-state index in [0.29, 0.717) is 5.02 Å². The molecular formula is C13H9Cl2N3O2. The van der Waals surface area contributed by atoms with E-state index in [1.165, 1.54) is 24.4 Å². The number of benzene rings is 1. The molecule has 0 spiro atoms. The molecule has 2 N–H and O–H groups in total. The number of halogens is 2. The van der Waals surface area contributed by atoms with Gasteiger partial charge in [0.1, 0.15) is 0 Å². The number of rotatable bonds is 3. The molecular weight excluding hydrogens is 301 g/mol. The van der Waals surface area contributed by atoms with Gasteiger partial charge in [0.2, 0.25) is 5.91 Å². The van der Waals surface area contributed by atoms with Crippen LogP contribution in [0.1, 0.15) is 20.7 Å². The molecule has 2 rings (SSSR count). The van der Waals surface area contributed by atoms with Gasteiger partial charge < -0.3 is 5.73 Å². The van der Waals surface area contributed by atoms with Crippen molar-refractivity contribution in [1.29, 1.82) is 0 Å². The third-order valence-corrected chi connectivity index (χ3v) is 3.07. The van der Waals surface area contributed by atoms with E-state index in [1.54, 1.807) is 18.2 Å². The van der Waals surface area contributed by atoms with Crippen molar-refractivity contribution < 1.29 is 9.59 Å². The van der Waals surface area contributed by atoms with Crippen molar-refractivity contribution in [2.75, 3.05) is 4.42 Å². The van der Waals surface area contributed by atoms with Gasteiger partial charge >= 0.3 is 0 Å². The quantitative estimate of drug-likeness (QED) is 0.885. The lowest BCUT2D eigenvalue weighted by Gasteiger charge is -2.14. The number of nitrogens with two attached hydrogens (primary N) is 1. The van der Waals surface area contributed by atoms with E-state index < -0.39 is 11.8 Å². The largest absolute Gasteiger partial charge is 0.366 e. The Bertz CT molecular complexity index is 662. The summed E-state index contributed by atoms with van der Waals surface area (Å²) >= 11 is 11.8. The molecule has 1 aromatic heterocycles. The summed E-state index contributed by atoms with van der Waals surface area (Å²) in [5, 5.41) is 0.296. The van der Waals surface area contributed by atoms with Gasteiger partial charge in [-0.2, -0.15) is 4.42 Å². The Morgan fingerprint density at radius 3 is 2.50 bits per heavy atom. The topological polar surface area (TPSA) is 76.3 Å². The molecule has 0 saturated carbocycles. The van der Waals surface area contributed by atoms with Crippen LogP contribution in [0.3, 0.4) is 0 Å². The molecule has 0 atom stereocenters. The van der Waals surface area contributed by atoms with Gasteiger partial charge in [-0.15, -0.1) is 0 Å². The van der Waals surface area contributed by atoms with Gasteiger partial charge in [-0.1, -0.05) is 17.7 Å². The lowest BCUT2D eigenvalue weighted by molar-refractivity contribution is 0.0970. The summed E-state index contributed by atoms with van der Waals surface area (Å²) in [7, 11) is 0. The molecule has 1 heterocycles. The Morgan fingerprint density at radius 2 is 1.90 bits per heavy atom. The lowest BCUT2D eigenvalue weighted by Crippen LogP contribution is -2.25. The second-order valence-corrected chi connectivity index (χ2v) is 4.60. The van der Waals surface area contributed by atoms with Crippen molar-refractivity contribution in [1.82, 2.24) is 4.98 Å². The highest BCUT2D eigenvalue weighted by atomic mass is 35.5. The molecule has 102 valence electrons. The first-order valence-electron chi connectivity index (χ1n) is 5.51. The highest BCUT2D eigenvalue weighted by Gasteiger charge is 2.22. The summed E-state index contributed by atoms with van der Waals surface area (Å²) < 4.78 is 0.804. The first-order valence-corrected chi connectivity index (χ1v) is 6.23. The molecule has 0 unspecified atom stereocenters. The molecule has 0 aliphatic heterocycles. The molecule has 2 aromatic rings. The maximum atomic E-state index is 12.3. The summed E-state index contributed by atoms with van der Waals surface area (Å²) in [4.78, 5) is 27.6. The summed E-state index contributed by atoms with van der Waals surface area (Å²) in [5.41, 5.74) is 5.29. The van der Waals surface area contributed by atoms with Crippen LogP contribution < -0.4 is 10.2 Å². The number of hydrogen-bond acceptors (Lipinski definition) is 3. The third-order valence-electron chi connectivity index (χ3n) is 2.51. The fraction of sp³-hybridized carbons (Fsp3) is 0. The number of amides is 2. The Morgan fingerprint density at radius 1 is 1.15 bits per heavy atom. The van der Waals surface area contributed by atoms with Gasteiger partial charge in [0.05, 0.1) is 11.1 Å². The van der Waals surface area contributed by atoms with Crippen LogP contribution in [-0.4, -0.2) is 16.8 Å². The van der Waals surface area contributed by atoms with E-state index in [2.05, 4.69) is 4.98 Å². The van der Waals surface area contributed by atoms with Gasteiger partial charge in [0.25, 0.3) is 5.91 Å². The maximum Gasteiger partial charge on any atom is 0.275 e. The number of hydrogen-bond donors (Lipinski definition) is 1. The van der Waals surface area contributed by atoms with Gasteiger partial charge in [-0.3, -0.25) is 9.59 Å². The van der Waals surface area contributed by atoms with Crippen LogP contribution in [0.4, 0.5) is 5.82 Å². The number of aromatic nitrogens is 1. The summed E-state index contributed by atoms with van der Waals surface area (Å²) in [5.74, 6) is -1.15. The van der Waals surface area contributed by atoms with Gasteiger partial charge in [0, 0.05) is 23.0 Å². The molecule has 0 bridgehead atoms. The van der Waals surface area contributed by atoms with Crippen LogP contribution in [0.2, 0.25) is 5.02 Å². The minimum Gasteiger partial charge on any atom is -0.366 e. The number of nitrogens with zero attached hydrogens (tertiary/aromatic N) is 2. The SMILES string of the molecule is NC(=O)c1ccc(Cl)cc1C(=O)N(Cl)c1ccccn1. The van der Waals surface area contributed by atoms with Crippen LogP contribution in [0.15, 0.2) is 42.6 Å². The number of carbonyl (C=O) groups is 2. The maximum absolute atomic E-state index is 12.3. The van der Waals surface area contributed by atoms with Crippen LogP contribution in [0.5, 0.6) is 0 Å². The number of primary amides is 1. The van der Waals surface area contributed by atoms with Crippen LogP contribution >= 0.6 is 23.4 Å². The van der Waals surface area contributed by atoms with Crippen LogP contribution in [0, 0.1) is 0 Å². The molecule has 20 heavy (non-hydrogen) atoms. The summed E-state index contributed by atoms with van der Waals surface area (Å²) in [6.07, 6.45) is 1.49. The molecule has 0 fully saturated rings. The Labute approximate surface area is 125 Å². The third kappa shape index (κ3) is 2.89. The second kappa shape index (κ2) is 5.90. The molecule has 0 radical (unpaired) electrons. The Kier molecular flexibility index (Phi) is 4.22. The van der Waals surface area contributed by atoms with Crippen molar-refractivity contribution in [3.05, 3.63) is 58.7 Å². The van der Waals surface area contributed by atoms with Gasteiger partial charge in [-0.05, 0) is 30.3 Å². The summed E-state index contributed by atoms with van der Waals surface area (Å²) in [6.45, 7) is 0. The smallest absolute Gasteiger partial charge is 0.275 e. The molecule has 7 heteroatoms. The van der Waals surface area contributed by atoms with Crippen molar-refractivity contribution in [2.24, 2.45) is 5.73 Å². The van der Waals surface area contributed by atoms with E-state index in [4.69, 9.17) is 29.1 Å². The monoisotopic (exact) mass is 309 g/mol. The van der Waals surface area contributed by atoms with E-state index in [-0.39, 0.29) is 16.9 Å². The zero-order chi connectivity index (χ0) is 14.7. The van der Waals surface area contributed by atoms with Gasteiger partial charge in [0.15, 0.2) is 5.82 Å². The number of pyridine rings is 1.